The summed E-state index contributed by atoms with van der Waals surface area (Å²) in [5.41, 5.74) is -0.429. The lowest BCUT2D eigenvalue weighted by molar-refractivity contribution is -0.129. The molecule has 2 aromatic rings. The van der Waals surface area contributed by atoms with Gasteiger partial charge >= 0.3 is 0 Å². The maximum atomic E-state index is 13.8. The van der Waals surface area contributed by atoms with Crippen molar-refractivity contribution < 1.29 is 14.4 Å². The number of benzene rings is 1. The highest BCUT2D eigenvalue weighted by molar-refractivity contribution is 7.15. The predicted octanol–water partition coefficient (Wildman–Crippen LogP) is 3.77. The minimum Gasteiger partial charge on any atom is -0.307 e. The Bertz CT molecular complexity index is 1080. The molecular formula is C23H27N5O3S. The maximum Gasteiger partial charge on any atom is 0.273 e. The van der Waals surface area contributed by atoms with Crippen LogP contribution < -0.4 is 10.2 Å². The molecule has 0 spiro atoms. The smallest absolute Gasteiger partial charge is 0.273 e. The van der Waals surface area contributed by atoms with E-state index in [1.807, 2.05) is 0 Å². The first kappa shape index (κ1) is 21.1. The number of rotatable bonds is 6. The van der Waals surface area contributed by atoms with Gasteiger partial charge in [-0.15, -0.1) is 10.2 Å². The van der Waals surface area contributed by atoms with E-state index in [-0.39, 0.29) is 24.7 Å². The van der Waals surface area contributed by atoms with Gasteiger partial charge in [0.2, 0.25) is 16.7 Å². The van der Waals surface area contributed by atoms with Gasteiger partial charge in [0.15, 0.2) is 0 Å². The van der Waals surface area contributed by atoms with Gasteiger partial charge in [-0.1, -0.05) is 43.7 Å². The molecule has 2 fully saturated rings. The molecule has 3 heterocycles. The average Bonchev–Trinajstić information content (AvgIpc) is 3.31. The van der Waals surface area contributed by atoms with Gasteiger partial charge in [0.05, 0.1) is 11.3 Å². The van der Waals surface area contributed by atoms with E-state index in [0.29, 0.717) is 34.8 Å². The zero-order chi connectivity index (χ0) is 22.5. The van der Waals surface area contributed by atoms with Crippen LogP contribution in [0.4, 0.5) is 10.8 Å². The standard InChI is InChI=1S/C23H27N5O3S/c1-14(2)11-13-27-20(30)16-8-3-4-9-17(16)28-18(29)10-12-23(27,28)21(31)24-22-26-25-19(32-22)15-6-5-7-15/h3-4,8-9,14-15H,5-7,10-13H2,1-2H3,(H,24,26,31)/t23-/m1/s1. The van der Waals surface area contributed by atoms with Crippen molar-refractivity contribution in [2.75, 3.05) is 16.8 Å². The molecule has 5 rings (SSSR count). The lowest BCUT2D eigenvalue weighted by Crippen LogP contribution is -2.69. The molecule has 1 aromatic carbocycles. The van der Waals surface area contributed by atoms with Crippen molar-refractivity contribution in [2.24, 2.45) is 5.92 Å². The van der Waals surface area contributed by atoms with Gasteiger partial charge in [-0.05, 0) is 37.3 Å². The van der Waals surface area contributed by atoms with Gasteiger partial charge in [-0.25, -0.2) is 0 Å². The Hall–Kier alpha value is -2.81. The number of carbonyl (C=O) groups is 3. The lowest BCUT2D eigenvalue weighted by Gasteiger charge is -2.49. The predicted molar refractivity (Wildman–Crippen MR) is 122 cm³/mol. The first-order chi connectivity index (χ1) is 15.4. The molecule has 2 aliphatic heterocycles. The zero-order valence-electron chi connectivity index (χ0n) is 18.3. The summed E-state index contributed by atoms with van der Waals surface area (Å²) in [6.07, 6.45) is 4.58. The number of hydrogen-bond donors (Lipinski definition) is 1. The lowest BCUT2D eigenvalue weighted by atomic mass is 9.86. The fourth-order valence-corrected chi connectivity index (χ4v) is 5.68. The van der Waals surface area contributed by atoms with Gasteiger partial charge in [0, 0.05) is 25.3 Å². The van der Waals surface area contributed by atoms with Gasteiger partial charge in [-0.2, -0.15) is 0 Å². The molecule has 3 aliphatic rings. The normalized spacial score (nSPS) is 22.7. The number of hydrogen-bond acceptors (Lipinski definition) is 6. The van der Waals surface area contributed by atoms with E-state index >= 15 is 0 Å². The van der Waals surface area contributed by atoms with Gasteiger partial charge < -0.3 is 4.90 Å². The highest BCUT2D eigenvalue weighted by Gasteiger charge is 2.60. The van der Waals surface area contributed by atoms with Crippen LogP contribution in [0.1, 0.15) is 73.7 Å². The van der Waals surface area contributed by atoms with Crippen LogP contribution in [0.2, 0.25) is 0 Å². The Labute approximate surface area is 191 Å². The highest BCUT2D eigenvalue weighted by atomic mass is 32.1. The number of nitrogens with one attached hydrogen (secondary N) is 1. The number of anilines is 2. The molecule has 1 aliphatic carbocycles. The molecule has 1 N–H and O–H groups in total. The van der Waals surface area contributed by atoms with Crippen molar-refractivity contribution in [3.8, 4) is 0 Å². The molecule has 32 heavy (non-hydrogen) atoms. The van der Waals surface area contributed by atoms with Crippen LogP contribution in [0.25, 0.3) is 0 Å². The summed E-state index contributed by atoms with van der Waals surface area (Å²) in [5.74, 6) is 0.00786. The van der Waals surface area contributed by atoms with E-state index in [0.717, 1.165) is 24.3 Å². The van der Waals surface area contributed by atoms with Crippen molar-refractivity contribution in [1.82, 2.24) is 15.1 Å². The highest BCUT2D eigenvalue weighted by Crippen LogP contribution is 2.45. The van der Waals surface area contributed by atoms with Gasteiger partial charge in [0.25, 0.3) is 11.8 Å². The number of fused-ring (bicyclic) bond motifs is 3. The number of amides is 3. The van der Waals surface area contributed by atoms with E-state index in [1.54, 1.807) is 29.2 Å². The number of aromatic nitrogens is 2. The summed E-state index contributed by atoms with van der Waals surface area (Å²) in [4.78, 5) is 43.6. The van der Waals surface area contributed by atoms with Crippen molar-refractivity contribution in [3.63, 3.8) is 0 Å². The Morgan fingerprint density at radius 3 is 2.75 bits per heavy atom. The molecule has 1 saturated carbocycles. The number of para-hydroxylation sites is 1. The molecule has 0 radical (unpaired) electrons. The monoisotopic (exact) mass is 453 g/mol. The van der Waals surface area contributed by atoms with Crippen molar-refractivity contribution in [3.05, 3.63) is 34.8 Å². The fraction of sp³-hybridized carbons (Fsp3) is 0.522. The molecule has 8 nitrogen and oxygen atoms in total. The topological polar surface area (TPSA) is 95.5 Å². The third-order valence-electron chi connectivity index (χ3n) is 6.78. The third-order valence-corrected chi connectivity index (χ3v) is 7.78. The van der Waals surface area contributed by atoms with Crippen LogP contribution in [0.15, 0.2) is 24.3 Å². The van der Waals surface area contributed by atoms with Crippen molar-refractivity contribution >= 4 is 39.9 Å². The number of carbonyl (C=O) groups excluding carboxylic acids is 3. The minimum absolute atomic E-state index is 0.151. The van der Waals surface area contributed by atoms with Gasteiger partial charge in [0.1, 0.15) is 5.01 Å². The van der Waals surface area contributed by atoms with Crippen LogP contribution in [0.3, 0.4) is 0 Å². The molecule has 9 heteroatoms. The molecule has 168 valence electrons. The van der Waals surface area contributed by atoms with Crippen LogP contribution in [0.5, 0.6) is 0 Å². The van der Waals surface area contributed by atoms with E-state index in [4.69, 9.17) is 0 Å². The second kappa shape index (κ2) is 7.95. The Kier molecular flexibility index (Phi) is 5.23. The quantitative estimate of drug-likeness (QED) is 0.718. The van der Waals surface area contributed by atoms with E-state index in [9.17, 15) is 14.4 Å². The Morgan fingerprint density at radius 1 is 1.25 bits per heavy atom. The van der Waals surface area contributed by atoms with E-state index < -0.39 is 11.6 Å². The maximum absolute atomic E-state index is 13.8. The first-order valence-corrected chi connectivity index (χ1v) is 12.1. The van der Waals surface area contributed by atoms with Gasteiger partial charge in [-0.3, -0.25) is 24.6 Å². The summed E-state index contributed by atoms with van der Waals surface area (Å²) in [7, 11) is 0. The largest absolute Gasteiger partial charge is 0.307 e. The second-order valence-corrected chi connectivity index (χ2v) is 10.2. The molecule has 0 bridgehead atoms. The molecule has 1 aromatic heterocycles. The summed E-state index contributed by atoms with van der Waals surface area (Å²) < 4.78 is 0. The van der Waals surface area contributed by atoms with Crippen molar-refractivity contribution in [1.29, 1.82) is 0 Å². The molecular weight excluding hydrogens is 426 g/mol. The zero-order valence-corrected chi connectivity index (χ0v) is 19.2. The molecule has 3 amide bonds. The second-order valence-electron chi connectivity index (χ2n) is 9.23. The molecule has 0 unspecified atom stereocenters. The van der Waals surface area contributed by atoms with Crippen LogP contribution in [-0.4, -0.2) is 45.0 Å². The van der Waals surface area contributed by atoms with Crippen LogP contribution in [-0.2, 0) is 9.59 Å². The Morgan fingerprint density at radius 2 is 2.03 bits per heavy atom. The minimum atomic E-state index is -1.39. The summed E-state index contributed by atoms with van der Waals surface area (Å²) in [6.45, 7) is 4.55. The third kappa shape index (κ3) is 3.21. The Balaban J connectivity index is 1.53. The average molecular weight is 454 g/mol. The van der Waals surface area contributed by atoms with E-state index in [1.165, 1.54) is 22.7 Å². The molecule has 1 atom stereocenters. The molecule has 1 saturated heterocycles. The summed E-state index contributed by atoms with van der Waals surface area (Å²) in [6, 6.07) is 7.05. The summed E-state index contributed by atoms with van der Waals surface area (Å²) in [5, 5.41) is 12.7. The van der Waals surface area contributed by atoms with Crippen LogP contribution in [0, 0.1) is 5.92 Å². The van der Waals surface area contributed by atoms with Crippen molar-refractivity contribution in [2.45, 2.75) is 64.0 Å². The first-order valence-electron chi connectivity index (χ1n) is 11.3. The fourth-order valence-electron chi connectivity index (χ4n) is 4.78. The van der Waals surface area contributed by atoms with Crippen LogP contribution >= 0.6 is 11.3 Å². The summed E-state index contributed by atoms with van der Waals surface area (Å²) >= 11 is 1.39. The number of nitrogens with zero attached hydrogens (tertiary/aromatic N) is 4. The SMILES string of the molecule is CC(C)CCN1C(=O)c2ccccc2N2C(=O)CC[C@@]12C(=O)Nc1nnc(C2CCC2)s1. The van der Waals surface area contributed by atoms with E-state index in [2.05, 4.69) is 29.4 Å².